The summed E-state index contributed by atoms with van der Waals surface area (Å²) < 4.78 is 15.8. The molecule has 0 aliphatic heterocycles. The molecule has 21 heavy (non-hydrogen) atoms. The Kier molecular flexibility index (Phi) is 3.81. The van der Waals surface area contributed by atoms with Crippen molar-refractivity contribution in [2.24, 2.45) is 12.0 Å². The summed E-state index contributed by atoms with van der Waals surface area (Å²) in [6.07, 6.45) is 3.18. The molecule has 1 aromatic carbocycles. The molecule has 6 heteroatoms. The van der Waals surface area contributed by atoms with Crippen molar-refractivity contribution in [1.29, 1.82) is 0 Å². The largest absolute Gasteiger partial charge is 0.319 e. The second-order valence-electron chi connectivity index (χ2n) is 4.35. The molecule has 0 unspecified atom stereocenters. The highest BCUT2D eigenvalue weighted by atomic mass is 32.1. The number of carbonyl (C=O) groups excluding carboxylic acids is 1. The van der Waals surface area contributed by atoms with Crippen LogP contribution in [0, 0.1) is 5.82 Å². The molecule has 0 bridgehead atoms. The van der Waals surface area contributed by atoms with E-state index < -0.39 is 0 Å². The van der Waals surface area contributed by atoms with Gasteiger partial charge in [0.2, 0.25) is 0 Å². The number of carbonyl (C=O) groups is 1. The molecule has 3 rings (SSSR count). The molecule has 106 valence electrons. The van der Waals surface area contributed by atoms with E-state index in [2.05, 4.69) is 4.99 Å². The maximum Gasteiger partial charge on any atom is 0.272 e. The van der Waals surface area contributed by atoms with Crippen LogP contribution >= 0.6 is 22.7 Å². The fraction of sp³-hybridized carbons (Fsp3) is 0.0667. The lowest BCUT2D eigenvalue weighted by Crippen LogP contribution is -2.12. The molecular weight excluding hydrogens is 307 g/mol. The first kappa shape index (κ1) is 13.9. The first-order valence-electron chi connectivity index (χ1n) is 6.19. The quantitative estimate of drug-likeness (QED) is 0.665. The van der Waals surface area contributed by atoms with E-state index >= 15 is 0 Å². The predicted octanol–water partition coefficient (Wildman–Crippen LogP) is 3.58. The molecule has 0 radical (unpaired) electrons. The Hall–Kier alpha value is -2.05. The number of hydrogen-bond acceptors (Lipinski definition) is 3. The normalized spacial score (nSPS) is 12.6. The van der Waals surface area contributed by atoms with Crippen molar-refractivity contribution in [2.45, 2.75) is 0 Å². The second kappa shape index (κ2) is 5.75. The zero-order valence-corrected chi connectivity index (χ0v) is 12.7. The Labute approximate surface area is 128 Å². The fourth-order valence-corrected chi connectivity index (χ4v) is 3.55. The van der Waals surface area contributed by atoms with Crippen molar-refractivity contribution in [3.63, 3.8) is 0 Å². The standard InChI is InChI=1S/C15H11FN2OS2/c1-18-12-6-4-10(16)9-13(12)21-15(18)17-14(19)7-5-11-3-2-8-20-11/h2-9H,1H3. The molecule has 0 atom stereocenters. The maximum atomic E-state index is 13.2. The highest BCUT2D eigenvalue weighted by Gasteiger charge is 2.04. The van der Waals surface area contributed by atoms with Gasteiger partial charge in [-0.05, 0) is 35.7 Å². The Morgan fingerprint density at radius 3 is 3.00 bits per heavy atom. The number of hydrogen-bond donors (Lipinski definition) is 0. The van der Waals surface area contributed by atoms with Crippen LogP contribution in [-0.2, 0) is 11.8 Å². The van der Waals surface area contributed by atoms with Gasteiger partial charge >= 0.3 is 0 Å². The fourth-order valence-electron chi connectivity index (χ4n) is 1.89. The van der Waals surface area contributed by atoms with Gasteiger partial charge in [0.1, 0.15) is 5.82 Å². The number of thiophene rings is 1. The van der Waals surface area contributed by atoms with E-state index in [-0.39, 0.29) is 11.7 Å². The van der Waals surface area contributed by atoms with E-state index in [4.69, 9.17) is 0 Å². The van der Waals surface area contributed by atoms with Crippen LogP contribution in [-0.4, -0.2) is 10.5 Å². The number of rotatable bonds is 2. The second-order valence-corrected chi connectivity index (χ2v) is 6.34. The highest BCUT2D eigenvalue weighted by molar-refractivity contribution is 7.16. The lowest BCUT2D eigenvalue weighted by Gasteiger charge is -1.94. The zero-order valence-electron chi connectivity index (χ0n) is 11.1. The van der Waals surface area contributed by atoms with Crippen molar-refractivity contribution in [3.8, 4) is 0 Å². The third kappa shape index (κ3) is 3.01. The van der Waals surface area contributed by atoms with E-state index in [9.17, 15) is 9.18 Å². The van der Waals surface area contributed by atoms with Gasteiger partial charge in [0.15, 0.2) is 4.80 Å². The van der Waals surface area contributed by atoms with Gasteiger partial charge in [-0.2, -0.15) is 4.99 Å². The minimum absolute atomic E-state index is 0.292. The first-order valence-corrected chi connectivity index (χ1v) is 7.88. The number of fused-ring (bicyclic) bond motifs is 1. The van der Waals surface area contributed by atoms with Crippen molar-refractivity contribution in [2.75, 3.05) is 0 Å². The molecule has 0 N–H and O–H groups in total. The molecule has 0 saturated heterocycles. The lowest BCUT2D eigenvalue weighted by molar-refractivity contribution is -0.113. The SMILES string of the molecule is Cn1c(=NC(=O)C=Cc2cccs2)sc2cc(F)ccc21. The number of aryl methyl sites for hydroxylation is 1. The number of nitrogens with zero attached hydrogens (tertiary/aromatic N) is 2. The first-order chi connectivity index (χ1) is 10.1. The number of thiazole rings is 1. The molecule has 0 spiro atoms. The van der Waals surface area contributed by atoms with Crippen molar-refractivity contribution < 1.29 is 9.18 Å². The molecule has 3 aromatic rings. The van der Waals surface area contributed by atoms with E-state index in [1.165, 1.54) is 29.5 Å². The monoisotopic (exact) mass is 318 g/mol. The smallest absolute Gasteiger partial charge is 0.272 e. The van der Waals surface area contributed by atoms with Gasteiger partial charge in [0, 0.05) is 18.0 Å². The molecule has 0 aliphatic rings. The Morgan fingerprint density at radius 2 is 2.24 bits per heavy atom. The van der Waals surface area contributed by atoms with Gasteiger partial charge in [-0.1, -0.05) is 17.4 Å². The Balaban J connectivity index is 1.95. The van der Waals surface area contributed by atoms with Crippen LogP contribution < -0.4 is 4.80 Å². The Morgan fingerprint density at radius 1 is 1.38 bits per heavy atom. The summed E-state index contributed by atoms with van der Waals surface area (Å²) in [6, 6.07) is 8.39. The number of benzene rings is 1. The van der Waals surface area contributed by atoms with Crippen LogP contribution in [0.4, 0.5) is 4.39 Å². The Bertz CT molecular complexity index is 888. The van der Waals surface area contributed by atoms with Crippen molar-refractivity contribution in [3.05, 3.63) is 57.3 Å². The summed E-state index contributed by atoms with van der Waals surface area (Å²) in [5.41, 5.74) is 0.857. The predicted molar refractivity (Wildman–Crippen MR) is 84.7 cm³/mol. The summed E-state index contributed by atoms with van der Waals surface area (Å²) in [5, 5.41) is 1.95. The van der Waals surface area contributed by atoms with E-state index in [0.717, 1.165) is 15.1 Å². The van der Waals surface area contributed by atoms with E-state index in [0.29, 0.717) is 4.80 Å². The molecule has 0 fully saturated rings. The van der Waals surface area contributed by atoms with Crippen LogP contribution in [0.2, 0.25) is 0 Å². The van der Waals surface area contributed by atoms with Crippen LogP contribution in [0.25, 0.3) is 16.3 Å². The third-order valence-electron chi connectivity index (χ3n) is 2.91. The third-order valence-corrected chi connectivity index (χ3v) is 4.84. The molecule has 2 aromatic heterocycles. The average molecular weight is 318 g/mol. The van der Waals surface area contributed by atoms with Gasteiger partial charge in [-0.3, -0.25) is 4.79 Å². The van der Waals surface area contributed by atoms with Gasteiger partial charge in [-0.25, -0.2) is 4.39 Å². The minimum atomic E-state index is -0.328. The summed E-state index contributed by atoms with van der Waals surface area (Å²) >= 11 is 2.85. The molecule has 0 saturated carbocycles. The number of amides is 1. The topological polar surface area (TPSA) is 34.4 Å². The summed E-state index contributed by atoms with van der Waals surface area (Å²) in [4.78, 5) is 17.5. The van der Waals surface area contributed by atoms with Crippen molar-refractivity contribution >= 4 is 44.9 Å². The van der Waals surface area contributed by atoms with E-state index in [1.807, 2.05) is 24.6 Å². The van der Waals surface area contributed by atoms with Gasteiger partial charge in [-0.15, -0.1) is 11.3 Å². The van der Waals surface area contributed by atoms with Crippen LogP contribution in [0.15, 0.2) is 46.8 Å². The highest BCUT2D eigenvalue weighted by Crippen LogP contribution is 2.17. The summed E-state index contributed by atoms with van der Waals surface area (Å²) in [7, 11) is 1.81. The van der Waals surface area contributed by atoms with Gasteiger partial charge in [0.25, 0.3) is 5.91 Å². The molecule has 3 nitrogen and oxygen atoms in total. The molecular formula is C15H11FN2OS2. The number of aromatic nitrogens is 1. The van der Waals surface area contributed by atoms with Crippen LogP contribution in [0.3, 0.4) is 0 Å². The minimum Gasteiger partial charge on any atom is -0.319 e. The van der Waals surface area contributed by atoms with Gasteiger partial charge < -0.3 is 4.57 Å². The number of halogens is 1. The zero-order chi connectivity index (χ0) is 14.8. The van der Waals surface area contributed by atoms with Crippen LogP contribution in [0.5, 0.6) is 0 Å². The van der Waals surface area contributed by atoms with Gasteiger partial charge in [0.05, 0.1) is 10.2 Å². The summed E-state index contributed by atoms with van der Waals surface area (Å²) in [5.74, 6) is -0.620. The van der Waals surface area contributed by atoms with Crippen molar-refractivity contribution in [1.82, 2.24) is 4.57 Å². The molecule has 1 amide bonds. The van der Waals surface area contributed by atoms with Crippen LogP contribution in [0.1, 0.15) is 4.88 Å². The molecule has 0 aliphatic carbocycles. The summed E-state index contributed by atoms with van der Waals surface area (Å²) in [6.45, 7) is 0. The maximum absolute atomic E-state index is 13.2. The molecule has 2 heterocycles. The average Bonchev–Trinajstić information content (AvgIpc) is 3.06. The van der Waals surface area contributed by atoms with E-state index in [1.54, 1.807) is 28.0 Å². The lowest BCUT2D eigenvalue weighted by atomic mass is 10.3.